The highest BCUT2D eigenvalue weighted by molar-refractivity contribution is 6.30. The van der Waals surface area contributed by atoms with Crippen LogP contribution in [0.25, 0.3) is 0 Å². The van der Waals surface area contributed by atoms with Crippen molar-refractivity contribution < 1.29 is 18.7 Å². The Morgan fingerprint density at radius 1 is 1.29 bits per heavy atom. The highest BCUT2D eigenvalue weighted by Crippen LogP contribution is 2.33. The van der Waals surface area contributed by atoms with Crippen molar-refractivity contribution in [3.05, 3.63) is 53.3 Å². The molecule has 2 N–H and O–H groups in total. The lowest BCUT2D eigenvalue weighted by Crippen LogP contribution is -2.50. The summed E-state index contributed by atoms with van der Waals surface area (Å²) < 4.78 is 19.7. The molecule has 1 aliphatic rings. The molecule has 8 heteroatoms. The second-order valence-corrected chi connectivity index (χ2v) is 6.85. The van der Waals surface area contributed by atoms with Crippen LogP contribution in [0.15, 0.2) is 42.5 Å². The van der Waals surface area contributed by atoms with Crippen LogP contribution < -0.4 is 20.3 Å². The molecule has 1 aliphatic heterocycles. The smallest absolute Gasteiger partial charge is 0.262 e. The molecule has 0 fully saturated rings. The Hall–Kier alpha value is -2.80. The van der Waals surface area contributed by atoms with E-state index < -0.39 is 17.8 Å². The summed E-state index contributed by atoms with van der Waals surface area (Å²) in [6, 6.07) is 11.1. The van der Waals surface area contributed by atoms with Crippen molar-refractivity contribution in [2.24, 2.45) is 0 Å². The van der Waals surface area contributed by atoms with E-state index in [0.29, 0.717) is 23.0 Å². The Balaban J connectivity index is 1.74. The van der Waals surface area contributed by atoms with Crippen LogP contribution in [0.4, 0.5) is 15.8 Å². The molecule has 0 aliphatic carbocycles. The molecule has 2 amide bonds. The monoisotopic (exact) mass is 405 g/mol. The van der Waals surface area contributed by atoms with Gasteiger partial charge in [-0.2, -0.15) is 0 Å². The van der Waals surface area contributed by atoms with Crippen molar-refractivity contribution in [1.29, 1.82) is 0 Å². The number of anilines is 2. The number of carbonyl (C=O) groups is 2. The predicted molar refractivity (Wildman–Crippen MR) is 106 cm³/mol. The standard InChI is InChI=1S/C20H21ClFN3O3/c1-2-9-23-20(27)18-11-25(16-5-3-4-6-17(16)28-18)12-19(26)24-15-10-13(21)7-8-14(15)22/h3-8,10,18H,2,9,11-12H2,1H3,(H,23,27)(H,24,26)/t18-/m0/s1. The maximum Gasteiger partial charge on any atom is 0.262 e. The Morgan fingerprint density at radius 2 is 2.07 bits per heavy atom. The van der Waals surface area contributed by atoms with Crippen molar-refractivity contribution in [2.75, 3.05) is 29.9 Å². The van der Waals surface area contributed by atoms with E-state index in [-0.39, 0.29) is 24.7 Å². The summed E-state index contributed by atoms with van der Waals surface area (Å²) in [5.74, 6) is -0.711. The summed E-state index contributed by atoms with van der Waals surface area (Å²) in [7, 11) is 0. The number of hydrogen-bond donors (Lipinski definition) is 2. The van der Waals surface area contributed by atoms with Crippen molar-refractivity contribution >= 4 is 34.8 Å². The lowest BCUT2D eigenvalue weighted by atomic mass is 10.1. The van der Waals surface area contributed by atoms with Crippen LogP contribution in [0.5, 0.6) is 5.75 Å². The van der Waals surface area contributed by atoms with E-state index in [1.807, 2.05) is 19.1 Å². The summed E-state index contributed by atoms with van der Waals surface area (Å²) in [5, 5.41) is 5.65. The van der Waals surface area contributed by atoms with Gasteiger partial charge in [-0.05, 0) is 36.8 Å². The zero-order valence-electron chi connectivity index (χ0n) is 15.4. The molecule has 0 unspecified atom stereocenters. The molecule has 148 valence electrons. The van der Waals surface area contributed by atoms with Gasteiger partial charge >= 0.3 is 0 Å². The van der Waals surface area contributed by atoms with Gasteiger partial charge in [0.1, 0.15) is 11.6 Å². The van der Waals surface area contributed by atoms with Crippen LogP contribution >= 0.6 is 11.6 Å². The number of fused-ring (bicyclic) bond motifs is 1. The van der Waals surface area contributed by atoms with E-state index in [0.717, 1.165) is 6.42 Å². The third-order valence-electron chi connectivity index (χ3n) is 4.24. The van der Waals surface area contributed by atoms with Gasteiger partial charge in [0.2, 0.25) is 5.91 Å². The fraction of sp³-hybridized carbons (Fsp3) is 0.300. The minimum Gasteiger partial charge on any atom is -0.477 e. The van der Waals surface area contributed by atoms with Crippen LogP contribution in [-0.2, 0) is 9.59 Å². The molecule has 1 heterocycles. The molecule has 2 aromatic rings. The molecular formula is C20H21ClFN3O3. The minimum absolute atomic E-state index is 0.0104. The molecular weight excluding hydrogens is 385 g/mol. The van der Waals surface area contributed by atoms with Gasteiger partial charge in [0.15, 0.2) is 6.10 Å². The average molecular weight is 406 g/mol. The first-order chi connectivity index (χ1) is 13.5. The van der Waals surface area contributed by atoms with E-state index in [9.17, 15) is 14.0 Å². The highest BCUT2D eigenvalue weighted by Gasteiger charge is 2.31. The van der Waals surface area contributed by atoms with Gasteiger partial charge in [0.05, 0.1) is 24.5 Å². The number of nitrogens with one attached hydrogen (secondary N) is 2. The molecule has 28 heavy (non-hydrogen) atoms. The molecule has 3 rings (SSSR count). The van der Waals surface area contributed by atoms with Gasteiger partial charge in [-0.1, -0.05) is 30.7 Å². The second kappa shape index (κ2) is 8.93. The van der Waals surface area contributed by atoms with E-state index in [1.54, 1.807) is 17.0 Å². The Morgan fingerprint density at radius 3 is 2.86 bits per heavy atom. The number of ether oxygens (including phenoxy) is 1. The van der Waals surface area contributed by atoms with E-state index >= 15 is 0 Å². The van der Waals surface area contributed by atoms with Gasteiger partial charge in [-0.25, -0.2) is 4.39 Å². The first-order valence-corrected chi connectivity index (χ1v) is 9.39. The minimum atomic E-state index is -0.739. The topological polar surface area (TPSA) is 70.7 Å². The SMILES string of the molecule is CCCNC(=O)[C@@H]1CN(CC(=O)Nc2cc(Cl)ccc2F)c2ccccc2O1. The van der Waals surface area contributed by atoms with Crippen LogP contribution in [0, 0.1) is 5.82 Å². The number of hydrogen-bond acceptors (Lipinski definition) is 4. The molecule has 0 saturated heterocycles. The second-order valence-electron chi connectivity index (χ2n) is 6.42. The van der Waals surface area contributed by atoms with Crippen molar-refractivity contribution in [1.82, 2.24) is 5.32 Å². The Labute approximate surface area is 167 Å². The van der Waals surface area contributed by atoms with E-state index in [1.165, 1.54) is 18.2 Å². The molecule has 1 atom stereocenters. The quantitative estimate of drug-likeness (QED) is 0.774. The highest BCUT2D eigenvalue weighted by atomic mass is 35.5. The van der Waals surface area contributed by atoms with Gasteiger partial charge in [0, 0.05) is 11.6 Å². The predicted octanol–water partition coefficient (Wildman–Crippen LogP) is 3.21. The van der Waals surface area contributed by atoms with Crippen LogP contribution in [0.1, 0.15) is 13.3 Å². The number of para-hydroxylation sites is 2. The summed E-state index contributed by atoms with van der Waals surface area (Å²) in [5.41, 5.74) is 0.708. The van der Waals surface area contributed by atoms with E-state index in [2.05, 4.69) is 10.6 Å². The van der Waals surface area contributed by atoms with Gasteiger partial charge < -0.3 is 20.3 Å². The summed E-state index contributed by atoms with van der Waals surface area (Å²) >= 11 is 5.87. The van der Waals surface area contributed by atoms with Crippen molar-refractivity contribution in [3.8, 4) is 5.75 Å². The number of halogens is 2. The lowest BCUT2D eigenvalue weighted by molar-refractivity contribution is -0.128. The van der Waals surface area contributed by atoms with Crippen LogP contribution in [-0.4, -0.2) is 37.6 Å². The summed E-state index contributed by atoms with van der Waals surface area (Å²) in [6.07, 6.45) is 0.0731. The largest absolute Gasteiger partial charge is 0.477 e. The average Bonchev–Trinajstić information content (AvgIpc) is 2.68. The molecule has 0 aromatic heterocycles. The molecule has 6 nitrogen and oxygen atoms in total. The maximum atomic E-state index is 13.9. The van der Waals surface area contributed by atoms with Crippen molar-refractivity contribution in [3.63, 3.8) is 0 Å². The number of carbonyl (C=O) groups excluding carboxylic acids is 2. The normalized spacial score (nSPS) is 15.4. The molecule has 0 bridgehead atoms. The van der Waals surface area contributed by atoms with Gasteiger partial charge in [-0.3, -0.25) is 9.59 Å². The first kappa shape index (κ1) is 19.9. The van der Waals surface area contributed by atoms with Crippen LogP contribution in [0.3, 0.4) is 0 Å². The Kier molecular flexibility index (Phi) is 6.36. The molecule has 2 aromatic carbocycles. The third kappa shape index (κ3) is 4.72. The number of rotatable bonds is 6. The van der Waals surface area contributed by atoms with Gasteiger partial charge in [-0.15, -0.1) is 0 Å². The molecule has 0 spiro atoms. The maximum absolute atomic E-state index is 13.9. The zero-order chi connectivity index (χ0) is 20.1. The van der Waals surface area contributed by atoms with Gasteiger partial charge in [0.25, 0.3) is 5.91 Å². The number of nitrogens with zero attached hydrogens (tertiary/aromatic N) is 1. The number of benzene rings is 2. The fourth-order valence-corrected chi connectivity index (χ4v) is 3.08. The molecule has 0 saturated carbocycles. The van der Waals surface area contributed by atoms with Crippen molar-refractivity contribution in [2.45, 2.75) is 19.4 Å². The van der Waals surface area contributed by atoms with Crippen LogP contribution in [0.2, 0.25) is 5.02 Å². The fourth-order valence-electron chi connectivity index (χ4n) is 2.91. The summed E-state index contributed by atoms with van der Waals surface area (Å²) in [6.45, 7) is 2.65. The third-order valence-corrected chi connectivity index (χ3v) is 4.48. The van der Waals surface area contributed by atoms with E-state index in [4.69, 9.17) is 16.3 Å². The lowest BCUT2D eigenvalue weighted by Gasteiger charge is -2.35. The summed E-state index contributed by atoms with van der Waals surface area (Å²) in [4.78, 5) is 26.6. The first-order valence-electron chi connectivity index (χ1n) is 9.01. The zero-order valence-corrected chi connectivity index (χ0v) is 16.1. The Bertz CT molecular complexity index is 878. The number of amides is 2. The molecule has 0 radical (unpaired) electrons.